The van der Waals surface area contributed by atoms with E-state index in [1.54, 1.807) is 13.2 Å². The molecule has 0 spiro atoms. The van der Waals surface area contributed by atoms with E-state index in [0.29, 0.717) is 26.0 Å². The summed E-state index contributed by atoms with van der Waals surface area (Å²) in [5.74, 6) is -0.913. The lowest BCUT2D eigenvalue weighted by molar-refractivity contribution is -0.137. The van der Waals surface area contributed by atoms with E-state index in [1.807, 2.05) is 5.01 Å². The summed E-state index contributed by atoms with van der Waals surface area (Å²) in [6.07, 6.45) is 2.84. The number of amides is 1. The van der Waals surface area contributed by atoms with Gasteiger partial charge in [-0.25, -0.2) is 5.43 Å². The number of nitrogens with one attached hydrogen (secondary N) is 1. The van der Waals surface area contributed by atoms with Gasteiger partial charge in [0.25, 0.3) is 0 Å². The largest absolute Gasteiger partial charge is 0.481 e. The SMILES string of the molecule is CNN1CN=NC=C1CCN(C=O)CCC(=O)O. The van der Waals surface area contributed by atoms with Gasteiger partial charge in [0, 0.05) is 26.6 Å². The second-order valence-electron chi connectivity index (χ2n) is 3.71. The minimum Gasteiger partial charge on any atom is -0.481 e. The maximum absolute atomic E-state index is 10.8. The maximum atomic E-state index is 10.8. The number of rotatable bonds is 8. The highest BCUT2D eigenvalue weighted by molar-refractivity contribution is 5.67. The lowest BCUT2D eigenvalue weighted by atomic mass is 10.3. The van der Waals surface area contributed by atoms with Crippen molar-refractivity contribution in [3.8, 4) is 0 Å². The molecule has 0 bridgehead atoms. The van der Waals surface area contributed by atoms with Gasteiger partial charge in [-0.1, -0.05) is 0 Å². The van der Waals surface area contributed by atoms with Crippen LogP contribution in [0.5, 0.6) is 0 Å². The van der Waals surface area contributed by atoms with Crippen molar-refractivity contribution in [1.82, 2.24) is 15.3 Å². The first kappa shape index (κ1) is 14.1. The molecule has 0 atom stereocenters. The van der Waals surface area contributed by atoms with Crippen LogP contribution in [0.3, 0.4) is 0 Å². The Kier molecular flexibility index (Phi) is 5.78. The van der Waals surface area contributed by atoms with E-state index in [9.17, 15) is 9.59 Å². The summed E-state index contributed by atoms with van der Waals surface area (Å²) in [5, 5.41) is 18.0. The Bertz CT molecular complexity index is 355. The molecule has 0 unspecified atom stereocenters. The molecule has 8 heteroatoms. The number of nitrogens with zero attached hydrogens (tertiary/aromatic N) is 4. The van der Waals surface area contributed by atoms with E-state index in [-0.39, 0.29) is 13.0 Å². The second-order valence-corrected chi connectivity index (χ2v) is 3.71. The Morgan fingerprint density at radius 1 is 1.67 bits per heavy atom. The number of azo groups is 1. The van der Waals surface area contributed by atoms with Gasteiger partial charge in [-0.05, 0) is 0 Å². The van der Waals surface area contributed by atoms with Crippen LogP contribution in [0.15, 0.2) is 22.1 Å². The predicted octanol–water partition coefficient (Wildman–Crippen LogP) is 0.0107. The van der Waals surface area contributed by atoms with Crippen LogP contribution < -0.4 is 5.43 Å². The first-order valence-corrected chi connectivity index (χ1v) is 5.59. The monoisotopic (exact) mass is 255 g/mol. The molecule has 0 radical (unpaired) electrons. The number of carboxylic acid groups (broad SMARTS) is 1. The van der Waals surface area contributed by atoms with E-state index in [4.69, 9.17) is 5.11 Å². The maximum Gasteiger partial charge on any atom is 0.305 e. The Balaban J connectivity index is 2.41. The van der Waals surface area contributed by atoms with Crippen molar-refractivity contribution in [3.63, 3.8) is 0 Å². The third-order valence-electron chi connectivity index (χ3n) is 2.53. The van der Waals surface area contributed by atoms with Crippen LogP contribution in [0.1, 0.15) is 12.8 Å². The highest BCUT2D eigenvalue weighted by Crippen LogP contribution is 2.11. The van der Waals surface area contributed by atoms with Crippen molar-refractivity contribution in [2.45, 2.75) is 12.8 Å². The van der Waals surface area contributed by atoms with Crippen LogP contribution in [0.25, 0.3) is 0 Å². The molecular formula is C10H17N5O3. The van der Waals surface area contributed by atoms with Crippen LogP contribution in [0.4, 0.5) is 0 Å². The van der Waals surface area contributed by atoms with E-state index >= 15 is 0 Å². The van der Waals surface area contributed by atoms with Gasteiger partial charge in [0.2, 0.25) is 6.41 Å². The van der Waals surface area contributed by atoms with Crippen LogP contribution in [-0.2, 0) is 9.59 Å². The number of carbonyl (C=O) groups excluding carboxylic acids is 1. The molecule has 1 heterocycles. The molecule has 2 N–H and O–H groups in total. The molecule has 1 aliphatic rings. The van der Waals surface area contributed by atoms with E-state index in [1.165, 1.54) is 4.90 Å². The molecular weight excluding hydrogens is 238 g/mol. The minimum absolute atomic E-state index is 0.0484. The zero-order chi connectivity index (χ0) is 13.4. The number of carbonyl (C=O) groups is 2. The van der Waals surface area contributed by atoms with Crippen LogP contribution in [-0.4, -0.2) is 54.2 Å². The van der Waals surface area contributed by atoms with E-state index in [0.717, 1.165) is 5.70 Å². The van der Waals surface area contributed by atoms with Gasteiger partial charge in [0.15, 0.2) is 0 Å². The summed E-state index contributed by atoms with van der Waals surface area (Å²) in [6, 6.07) is 0. The van der Waals surface area contributed by atoms with Gasteiger partial charge in [-0.2, -0.15) is 10.2 Å². The average Bonchev–Trinajstić information content (AvgIpc) is 2.39. The smallest absolute Gasteiger partial charge is 0.305 e. The molecule has 0 saturated carbocycles. The molecule has 1 aliphatic heterocycles. The van der Waals surface area contributed by atoms with Crippen molar-refractivity contribution >= 4 is 12.4 Å². The number of hydrazine groups is 1. The second kappa shape index (κ2) is 7.38. The summed E-state index contributed by atoms with van der Waals surface area (Å²) in [5.41, 5.74) is 3.87. The summed E-state index contributed by atoms with van der Waals surface area (Å²) in [7, 11) is 1.77. The first-order valence-electron chi connectivity index (χ1n) is 5.59. The standard InChI is InChI=1S/C10H17N5O3/c1-11-15-7-13-12-6-9(15)2-4-14(8-16)5-3-10(17)18/h6,8,11H,2-5,7H2,1H3,(H,17,18). The fraction of sp³-hybridized carbons (Fsp3) is 0.600. The zero-order valence-corrected chi connectivity index (χ0v) is 10.2. The average molecular weight is 255 g/mol. The van der Waals surface area contributed by atoms with Gasteiger partial charge < -0.3 is 10.0 Å². The van der Waals surface area contributed by atoms with Gasteiger partial charge in [0.1, 0.15) is 6.67 Å². The fourth-order valence-electron chi connectivity index (χ4n) is 1.50. The number of hydrogen-bond donors (Lipinski definition) is 2. The molecule has 0 aromatic carbocycles. The third-order valence-corrected chi connectivity index (χ3v) is 2.53. The van der Waals surface area contributed by atoms with Gasteiger partial charge >= 0.3 is 5.97 Å². The summed E-state index contributed by atoms with van der Waals surface area (Å²) in [6.45, 7) is 1.10. The van der Waals surface area contributed by atoms with Crippen LogP contribution in [0.2, 0.25) is 0 Å². The molecule has 0 saturated heterocycles. The Labute approximate surface area is 105 Å². The highest BCUT2D eigenvalue weighted by atomic mass is 16.4. The lowest BCUT2D eigenvalue weighted by Crippen LogP contribution is -2.37. The number of carboxylic acids is 1. The van der Waals surface area contributed by atoms with Crippen molar-refractivity contribution < 1.29 is 14.7 Å². The summed E-state index contributed by atoms with van der Waals surface area (Å²) >= 11 is 0. The molecule has 18 heavy (non-hydrogen) atoms. The van der Waals surface area contributed by atoms with Gasteiger partial charge in [-0.15, -0.1) is 0 Å². The van der Waals surface area contributed by atoms with Crippen molar-refractivity contribution in [3.05, 3.63) is 11.9 Å². The first-order chi connectivity index (χ1) is 8.67. The molecule has 1 amide bonds. The zero-order valence-electron chi connectivity index (χ0n) is 10.2. The predicted molar refractivity (Wildman–Crippen MR) is 63.2 cm³/mol. The molecule has 100 valence electrons. The Morgan fingerprint density at radius 3 is 3.06 bits per heavy atom. The van der Waals surface area contributed by atoms with E-state index < -0.39 is 5.97 Å². The molecule has 8 nitrogen and oxygen atoms in total. The highest BCUT2D eigenvalue weighted by Gasteiger charge is 2.12. The van der Waals surface area contributed by atoms with Crippen LogP contribution in [0, 0.1) is 0 Å². The molecule has 0 fully saturated rings. The topological polar surface area (TPSA) is 97.6 Å². The van der Waals surface area contributed by atoms with Crippen molar-refractivity contribution in [2.24, 2.45) is 10.2 Å². The third kappa shape index (κ3) is 4.50. The van der Waals surface area contributed by atoms with Crippen LogP contribution >= 0.6 is 0 Å². The van der Waals surface area contributed by atoms with E-state index in [2.05, 4.69) is 15.7 Å². The molecule has 0 aliphatic carbocycles. The summed E-state index contributed by atoms with van der Waals surface area (Å²) < 4.78 is 0. The summed E-state index contributed by atoms with van der Waals surface area (Å²) in [4.78, 5) is 22.6. The molecule has 0 aromatic rings. The normalized spacial score (nSPS) is 14.3. The van der Waals surface area contributed by atoms with Gasteiger partial charge in [0.05, 0.1) is 18.3 Å². The van der Waals surface area contributed by atoms with Crippen molar-refractivity contribution in [2.75, 3.05) is 26.8 Å². The fourth-order valence-corrected chi connectivity index (χ4v) is 1.50. The van der Waals surface area contributed by atoms with Crippen molar-refractivity contribution in [1.29, 1.82) is 0 Å². The Hall–Kier alpha value is -1.96. The molecule has 1 rings (SSSR count). The molecule has 0 aromatic heterocycles. The number of hydrogen-bond acceptors (Lipinski definition) is 6. The minimum atomic E-state index is -0.913. The number of aliphatic carboxylic acids is 1. The quantitative estimate of drug-likeness (QED) is 0.595. The lowest BCUT2D eigenvalue weighted by Gasteiger charge is -2.26. The Morgan fingerprint density at radius 2 is 2.44 bits per heavy atom. The van der Waals surface area contributed by atoms with Gasteiger partial charge in [-0.3, -0.25) is 14.6 Å².